The number of aromatic nitrogens is 2. The summed E-state index contributed by atoms with van der Waals surface area (Å²) in [5, 5.41) is 0. The molecule has 0 aromatic carbocycles. The van der Waals surface area contributed by atoms with Crippen molar-refractivity contribution in [1.82, 2.24) is 9.97 Å². The van der Waals surface area contributed by atoms with E-state index >= 15 is 0 Å². The van der Waals surface area contributed by atoms with Gasteiger partial charge >= 0.3 is 0 Å². The Bertz CT molecular complexity index is 752. The molecule has 22 heavy (non-hydrogen) atoms. The quantitative estimate of drug-likeness (QED) is 0.630. The van der Waals surface area contributed by atoms with E-state index in [0.717, 1.165) is 5.56 Å². The second-order valence-electron chi connectivity index (χ2n) is 4.93. The van der Waals surface area contributed by atoms with Crippen molar-refractivity contribution in [3.05, 3.63) is 41.5 Å². The predicted octanol–water partition coefficient (Wildman–Crippen LogP) is 3.10. The number of hydrogen-bond donors (Lipinski definition) is 0. The minimum Gasteiger partial charge on any atom is -0.309 e. The zero-order valence-electron chi connectivity index (χ0n) is 12.2. The highest BCUT2D eigenvalue weighted by molar-refractivity contribution is 6.17. The van der Waals surface area contributed by atoms with E-state index in [2.05, 4.69) is 9.97 Å². The molecule has 0 saturated carbocycles. The summed E-state index contributed by atoms with van der Waals surface area (Å²) in [6.45, 7) is 2.40. The zero-order chi connectivity index (χ0) is 15.9. The normalized spacial score (nSPS) is 13.7. The van der Waals surface area contributed by atoms with Crippen LogP contribution in [0.15, 0.2) is 24.4 Å². The fourth-order valence-electron chi connectivity index (χ4n) is 2.51. The van der Waals surface area contributed by atoms with Crippen LogP contribution in [0.3, 0.4) is 0 Å². The molecule has 0 atom stereocenters. The molecule has 0 saturated heterocycles. The lowest BCUT2D eigenvalue weighted by Crippen LogP contribution is -2.25. The standard InChI is InChI=1S/C15H14ClFN4O/c1-3-21-13-10(6-9(7-16)8-18-13)15(22)20(2)11-4-5-12(17)19-14(11)21/h4-6,8H,3,7H2,1-2H3. The molecule has 0 radical (unpaired) electrons. The number of amides is 1. The fourth-order valence-corrected chi connectivity index (χ4v) is 2.66. The maximum absolute atomic E-state index is 13.6. The van der Waals surface area contributed by atoms with Crippen molar-refractivity contribution in [3.8, 4) is 0 Å². The Balaban J connectivity index is 2.29. The average Bonchev–Trinajstić information content (AvgIpc) is 2.62. The molecule has 0 aliphatic carbocycles. The zero-order valence-corrected chi connectivity index (χ0v) is 12.9. The number of alkyl halides is 1. The molecule has 3 rings (SSSR count). The van der Waals surface area contributed by atoms with Crippen molar-refractivity contribution in [2.24, 2.45) is 0 Å². The van der Waals surface area contributed by atoms with Crippen molar-refractivity contribution in [3.63, 3.8) is 0 Å². The lowest BCUT2D eigenvalue weighted by molar-refractivity contribution is 0.0994. The number of carbonyl (C=O) groups is 1. The van der Waals surface area contributed by atoms with Gasteiger partial charge in [0.2, 0.25) is 5.95 Å². The molecule has 5 nitrogen and oxygen atoms in total. The van der Waals surface area contributed by atoms with Gasteiger partial charge in [-0.2, -0.15) is 9.37 Å². The van der Waals surface area contributed by atoms with Gasteiger partial charge in [-0.3, -0.25) is 4.79 Å². The number of pyridine rings is 2. The van der Waals surface area contributed by atoms with Crippen LogP contribution < -0.4 is 9.80 Å². The van der Waals surface area contributed by atoms with Crippen LogP contribution in [-0.4, -0.2) is 29.5 Å². The molecule has 2 aromatic rings. The molecule has 0 bridgehead atoms. The highest BCUT2D eigenvalue weighted by Crippen LogP contribution is 2.37. The summed E-state index contributed by atoms with van der Waals surface area (Å²) >= 11 is 5.83. The van der Waals surface area contributed by atoms with Crippen molar-refractivity contribution >= 4 is 34.8 Å². The maximum Gasteiger partial charge on any atom is 0.261 e. The first-order valence-corrected chi connectivity index (χ1v) is 7.37. The van der Waals surface area contributed by atoms with E-state index < -0.39 is 5.95 Å². The molecule has 3 heterocycles. The number of hydrogen-bond acceptors (Lipinski definition) is 4. The van der Waals surface area contributed by atoms with Gasteiger partial charge in [0.25, 0.3) is 5.91 Å². The van der Waals surface area contributed by atoms with Crippen molar-refractivity contribution in [2.75, 3.05) is 23.4 Å². The summed E-state index contributed by atoms with van der Waals surface area (Å²) in [7, 11) is 1.64. The number of carbonyl (C=O) groups excluding carboxylic acids is 1. The second kappa shape index (κ2) is 5.53. The molecule has 1 amide bonds. The summed E-state index contributed by atoms with van der Waals surface area (Å²) in [4.78, 5) is 24.2. The van der Waals surface area contributed by atoms with Gasteiger partial charge in [0.15, 0.2) is 5.82 Å². The van der Waals surface area contributed by atoms with Crippen LogP contribution in [0.4, 0.5) is 21.7 Å². The summed E-state index contributed by atoms with van der Waals surface area (Å²) in [6.07, 6.45) is 1.62. The van der Waals surface area contributed by atoms with E-state index in [-0.39, 0.29) is 11.8 Å². The smallest absolute Gasteiger partial charge is 0.261 e. The van der Waals surface area contributed by atoms with Crippen LogP contribution in [0.1, 0.15) is 22.8 Å². The molecular formula is C15H14ClFN4O. The van der Waals surface area contributed by atoms with E-state index in [1.165, 1.54) is 11.0 Å². The molecule has 0 N–H and O–H groups in total. The highest BCUT2D eigenvalue weighted by atomic mass is 35.5. The minimum absolute atomic E-state index is 0.222. The van der Waals surface area contributed by atoms with Gasteiger partial charge in [0.05, 0.1) is 11.3 Å². The Hall–Kier alpha value is -2.21. The Labute approximate surface area is 132 Å². The number of halogens is 2. The molecule has 0 spiro atoms. The van der Waals surface area contributed by atoms with Crippen LogP contribution in [0.2, 0.25) is 0 Å². The van der Waals surface area contributed by atoms with E-state index in [9.17, 15) is 9.18 Å². The number of nitrogens with zero attached hydrogens (tertiary/aromatic N) is 4. The molecule has 7 heteroatoms. The molecule has 0 unspecified atom stereocenters. The Morgan fingerprint density at radius 3 is 2.77 bits per heavy atom. The number of fused-ring (bicyclic) bond motifs is 2. The van der Waals surface area contributed by atoms with E-state index in [4.69, 9.17) is 11.6 Å². The van der Waals surface area contributed by atoms with Gasteiger partial charge in [-0.15, -0.1) is 11.6 Å². The molecule has 0 fully saturated rings. The highest BCUT2D eigenvalue weighted by Gasteiger charge is 2.30. The van der Waals surface area contributed by atoms with Crippen molar-refractivity contribution in [2.45, 2.75) is 12.8 Å². The first kappa shape index (κ1) is 14.7. The third-order valence-corrected chi connectivity index (χ3v) is 3.93. The molecule has 2 aromatic heterocycles. The Morgan fingerprint density at radius 2 is 2.09 bits per heavy atom. The van der Waals surface area contributed by atoms with E-state index in [0.29, 0.717) is 29.4 Å². The molecule has 1 aliphatic rings. The van der Waals surface area contributed by atoms with Gasteiger partial charge in [0.1, 0.15) is 5.82 Å². The van der Waals surface area contributed by atoms with Crippen molar-refractivity contribution in [1.29, 1.82) is 0 Å². The van der Waals surface area contributed by atoms with Crippen LogP contribution in [0, 0.1) is 5.95 Å². The predicted molar refractivity (Wildman–Crippen MR) is 83.4 cm³/mol. The van der Waals surface area contributed by atoms with Gasteiger partial charge in [-0.1, -0.05) is 0 Å². The van der Waals surface area contributed by atoms with Gasteiger partial charge in [-0.25, -0.2) is 4.98 Å². The van der Waals surface area contributed by atoms with Gasteiger partial charge in [-0.05, 0) is 30.7 Å². The van der Waals surface area contributed by atoms with E-state index in [1.807, 2.05) is 6.92 Å². The SMILES string of the molecule is CCN1c2ncc(CCl)cc2C(=O)N(C)c2ccc(F)nc21. The lowest BCUT2D eigenvalue weighted by atomic mass is 10.1. The van der Waals surface area contributed by atoms with Crippen LogP contribution >= 0.6 is 11.6 Å². The third kappa shape index (κ3) is 2.20. The molecule has 1 aliphatic heterocycles. The van der Waals surface area contributed by atoms with Crippen LogP contribution in [-0.2, 0) is 5.88 Å². The average molecular weight is 321 g/mol. The number of rotatable bonds is 2. The Kier molecular flexibility index (Phi) is 3.70. The summed E-state index contributed by atoms with van der Waals surface area (Å²) in [6, 6.07) is 4.51. The Morgan fingerprint density at radius 1 is 1.32 bits per heavy atom. The third-order valence-electron chi connectivity index (χ3n) is 3.62. The van der Waals surface area contributed by atoms with Crippen LogP contribution in [0.25, 0.3) is 0 Å². The largest absolute Gasteiger partial charge is 0.309 e. The monoisotopic (exact) mass is 320 g/mol. The lowest BCUT2D eigenvalue weighted by Gasteiger charge is -2.22. The minimum atomic E-state index is -0.598. The fraction of sp³-hybridized carbons (Fsp3) is 0.267. The first-order chi connectivity index (χ1) is 10.6. The van der Waals surface area contributed by atoms with Gasteiger partial charge < -0.3 is 9.80 Å². The van der Waals surface area contributed by atoms with Crippen LogP contribution in [0.5, 0.6) is 0 Å². The van der Waals surface area contributed by atoms with Gasteiger partial charge in [0, 0.05) is 25.7 Å². The summed E-state index contributed by atoms with van der Waals surface area (Å²) in [5.41, 5.74) is 1.72. The topological polar surface area (TPSA) is 49.3 Å². The molecular weight excluding hydrogens is 307 g/mol. The first-order valence-electron chi connectivity index (χ1n) is 6.83. The number of anilines is 3. The maximum atomic E-state index is 13.6. The summed E-state index contributed by atoms with van der Waals surface area (Å²) in [5.74, 6) is 0.288. The summed E-state index contributed by atoms with van der Waals surface area (Å²) < 4.78 is 13.6. The second-order valence-corrected chi connectivity index (χ2v) is 5.20. The van der Waals surface area contributed by atoms with Crippen molar-refractivity contribution < 1.29 is 9.18 Å². The molecule has 114 valence electrons. The van der Waals surface area contributed by atoms with E-state index in [1.54, 1.807) is 30.3 Å².